The van der Waals surface area contributed by atoms with Crippen LogP contribution in [0.2, 0.25) is 0 Å². The Kier molecular flexibility index (Phi) is 5.52. The highest BCUT2D eigenvalue weighted by Crippen LogP contribution is 2.25. The quantitative estimate of drug-likeness (QED) is 0.788. The normalized spacial score (nSPS) is 15.3. The van der Waals surface area contributed by atoms with E-state index in [2.05, 4.69) is 4.90 Å². The molecule has 3 rings (SSSR count). The average molecular weight is 355 g/mol. The Bertz CT molecular complexity index is 826. The standard InChI is InChI=1S/C20H25N3O3/c1-4-26-20(25)19-14(2)16-7-5-6-8-17(16)21-18(19)13-22-9-11-23(12-10-22)15(3)24/h5-8H,4,9-13H2,1-3H3. The summed E-state index contributed by atoms with van der Waals surface area (Å²) in [7, 11) is 0. The van der Waals surface area contributed by atoms with Gasteiger partial charge in [0.05, 0.1) is 23.4 Å². The number of para-hydroxylation sites is 1. The summed E-state index contributed by atoms with van der Waals surface area (Å²) >= 11 is 0. The lowest BCUT2D eigenvalue weighted by atomic mass is 10.0. The lowest BCUT2D eigenvalue weighted by Gasteiger charge is -2.34. The maximum Gasteiger partial charge on any atom is 0.340 e. The minimum absolute atomic E-state index is 0.108. The van der Waals surface area contributed by atoms with Gasteiger partial charge < -0.3 is 9.64 Å². The van der Waals surface area contributed by atoms with E-state index in [0.717, 1.165) is 35.2 Å². The Morgan fingerprint density at radius 3 is 2.50 bits per heavy atom. The number of aryl methyl sites for hydroxylation is 1. The maximum atomic E-state index is 12.6. The Morgan fingerprint density at radius 1 is 1.15 bits per heavy atom. The van der Waals surface area contributed by atoms with Crippen LogP contribution in [0.5, 0.6) is 0 Å². The molecule has 138 valence electrons. The van der Waals surface area contributed by atoms with E-state index in [1.807, 2.05) is 43.0 Å². The van der Waals surface area contributed by atoms with Crippen molar-refractivity contribution in [2.24, 2.45) is 0 Å². The van der Waals surface area contributed by atoms with Crippen molar-refractivity contribution in [3.8, 4) is 0 Å². The predicted molar refractivity (Wildman–Crippen MR) is 100.0 cm³/mol. The molecule has 0 bridgehead atoms. The predicted octanol–water partition coefficient (Wildman–Crippen LogP) is 2.38. The molecule has 0 aliphatic carbocycles. The Morgan fingerprint density at radius 2 is 1.85 bits per heavy atom. The second-order valence-electron chi connectivity index (χ2n) is 6.58. The summed E-state index contributed by atoms with van der Waals surface area (Å²) in [4.78, 5) is 32.9. The molecule has 0 radical (unpaired) electrons. The molecule has 1 aliphatic heterocycles. The number of aromatic nitrogens is 1. The van der Waals surface area contributed by atoms with Crippen LogP contribution in [0.15, 0.2) is 24.3 Å². The lowest BCUT2D eigenvalue weighted by molar-refractivity contribution is -0.130. The number of carbonyl (C=O) groups excluding carboxylic acids is 2. The number of ether oxygens (including phenoxy) is 1. The molecule has 26 heavy (non-hydrogen) atoms. The number of amides is 1. The van der Waals surface area contributed by atoms with Crippen LogP contribution in [-0.4, -0.2) is 59.4 Å². The number of hydrogen-bond donors (Lipinski definition) is 0. The van der Waals surface area contributed by atoms with E-state index in [9.17, 15) is 9.59 Å². The van der Waals surface area contributed by atoms with Crippen molar-refractivity contribution in [1.82, 2.24) is 14.8 Å². The van der Waals surface area contributed by atoms with Crippen LogP contribution in [0.4, 0.5) is 0 Å². The summed E-state index contributed by atoms with van der Waals surface area (Å²) in [5, 5.41) is 0.973. The van der Waals surface area contributed by atoms with E-state index in [-0.39, 0.29) is 11.9 Å². The van der Waals surface area contributed by atoms with E-state index < -0.39 is 0 Å². The van der Waals surface area contributed by atoms with Gasteiger partial charge in [-0.1, -0.05) is 18.2 Å². The van der Waals surface area contributed by atoms with Gasteiger partial charge in [-0.2, -0.15) is 0 Å². The highest BCUT2D eigenvalue weighted by molar-refractivity contribution is 5.98. The molecule has 0 unspecified atom stereocenters. The van der Waals surface area contributed by atoms with Gasteiger partial charge in [0.2, 0.25) is 5.91 Å². The number of rotatable bonds is 4. The van der Waals surface area contributed by atoms with E-state index in [1.165, 1.54) is 0 Å². The zero-order chi connectivity index (χ0) is 18.7. The van der Waals surface area contributed by atoms with E-state index in [0.29, 0.717) is 31.8 Å². The van der Waals surface area contributed by atoms with Crippen molar-refractivity contribution < 1.29 is 14.3 Å². The summed E-state index contributed by atoms with van der Waals surface area (Å²) in [5.74, 6) is -0.211. The van der Waals surface area contributed by atoms with Gasteiger partial charge in [0.1, 0.15) is 0 Å². The first-order valence-electron chi connectivity index (χ1n) is 9.04. The molecule has 1 aromatic heterocycles. The Balaban J connectivity index is 1.92. The van der Waals surface area contributed by atoms with Crippen molar-refractivity contribution in [3.63, 3.8) is 0 Å². The van der Waals surface area contributed by atoms with Gasteiger partial charge in [-0.3, -0.25) is 14.7 Å². The summed E-state index contributed by atoms with van der Waals surface area (Å²) in [5.41, 5.74) is 3.11. The number of esters is 1. The number of carbonyl (C=O) groups is 2. The number of pyridine rings is 1. The number of fused-ring (bicyclic) bond motifs is 1. The number of benzene rings is 1. The topological polar surface area (TPSA) is 62.7 Å². The number of piperazine rings is 1. The lowest BCUT2D eigenvalue weighted by Crippen LogP contribution is -2.47. The molecule has 0 saturated carbocycles. The first-order chi connectivity index (χ1) is 12.5. The van der Waals surface area contributed by atoms with Gasteiger partial charge in [-0.15, -0.1) is 0 Å². The minimum Gasteiger partial charge on any atom is -0.462 e. The molecule has 0 atom stereocenters. The van der Waals surface area contributed by atoms with Crippen molar-refractivity contribution in [2.75, 3.05) is 32.8 Å². The third kappa shape index (κ3) is 3.70. The second-order valence-corrected chi connectivity index (χ2v) is 6.58. The average Bonchev–Trinajstić information content (AvgIpc) is 2.62. The van der Waals surface area contributed by atoms with Crippen molar-refractivity contribution in [2.45, 2.75) is 27.3 Å². The third-order valence-electron chi connectivity index (χ3n) is 4.90. The van der Waals surface area contributed by atoms with Crippen molar-refractivity contribution in [3.05, 3.63) is 41.1 Å². The van der Waals surface area contributed by atoms with E-state index >= 15 is 0 Å². The van der Waals surface area contributed by atoms with Crippen LogP contribution < -0.4 is 0 Å². The van der Waals surface area contributed by atoms with Crippen molar-refractivity contribution in [1.29, 1.82) is 0 Å². The molecule has 2 aromatic rings. The van der Waals surface area contributed by atoms with Gasteiger partial charge in [-0.05, 0) is 25.5 Å². The fourth-order valence-electron chi connectivity index (χ4n) is 3.46. The molecule has 0 N–H and O–H groups in total. The van der Waals surface area contributed by atoms with Crippen LogP contribution in [-0.2, 0) is 16.1 Å². The molecule has 2 heterocycles. The molecule has 0 spiro atoms. The number of hydrogen-bond acceptors (Lipinski definition) is 5. The van der Waals surface area contributed by atoms with E-state index in [4.69, 9.17) is 9.72 Å². The Hall–Kier alpha value is -2.47. The minimum atomic E-state index is -0.319. The molecular weight excluding hydrogens is 330 g/mol. The van der Waals surface area contributed by atoms with Crippen LogP contribution in [0.3, 0.4) is 0 Å². The van der Waals surface area contributed by atoms with Crippen molar-refractivity contribution >= 4 is 22.8 Å². The molecule has 1 aromatic carbocycles. The summed E-state index contributed by atoms with van der Waals surface area (Å²) in [6.07, 6.45) is 0. The fourth-order valence-corrected chi connectivity index (χ4v) is 3.46. The van der Waals surface area contributed by atoms with Crippen LogP contribution in [0, 0.1) is 6.92 Å². The van der Waals surface area contributed by atoms with Crippen LogP contribution in [0.25, 0.3) is 10.9 Å². The zero-order valence-corrected chi connectivity index (χ0v) is 15.6. The van der Waals surface area contributed by atoms with Crippen LogP contribution >= 0.6 is 0 Å². The Labute approximate surface area is 153 Å². The third-order valence-corrected chi connectivity index (χ3v) is 4.90. The summed E-state index contributed by atoms with van der Waals surface area (Å²) < 4.78 is 5.29. The monoisotopic (exact) mass is 355 g/mol. The first kappa shape index (κ1) is 18.3. The molecular formula is C20H25N3O3. The SMILES string of the molecule is CCOC(=O)c1c(CN2CCN(C(C)=O)CC2)nc2ccccc2c1C. The second kappa shape index (κ2) is 7.83. The molecule has 6 nitrogen and oxygen atoms in total. The highest BCUT2D eigenvalue weighted by Gasteiger charge is 2.24. The highest BCUT2D eigenvalue weighted by atomic mass is 16.5. The first-order valence-corrected chi connectivity index (χ1v) is 9.04. The van der Waals surface area contributed by atoms with Gasteiger partial charge in [0, 0.05) is 45.0 Å². The van der Waals surface area contributed by atoms with Gasteiger partial charge in [-0.25, -0.2) is 4.79 Å². The smallest absolute Gasteiger partial charge is 0.340 e. The molecule has 1 amide bonds. The molecule has 1 fully saturated rings. The number of nitrogens with zero attached hydrogens (tertiary/aromatic N) is 3. The maximum absolute atomic E-state index is 12.6. The van der Waals surface area contributed by atoms with Crippen LogP contribution in [0.1, 0.15) is 35.5 Å². The summed E-state index contributed by atoms with van der Waals surface area (Å²) in [6.45, 7) is 9.23. The molecule has 6 heteroatoms. The summed E-state index contributed by atoms with van der Waals surface area (Å²) in [6, 6.07) is 7.85. The van der Waals surface area contributed by atoms with Gasteiger partial charge in [0.15, 0.2) is 0 Å². The molecule has 1 saturated heterocycles. The van der Waals surface area contributed by atoms with Gasteiger partial charge >= 0.3 is 5.97 Å². The molecule has 1 aliphatic rings. The fraction of sp³-hybridized carbons (Fsp3) is 0.450. The zero-order valence-electron chi connectivity index (χ0n) is 15.6. The van der Waals surface area contributed by atoms with E-state index in [1.54, 1.807) is 6.92 Å². The van der Waals surface area contributed by atoms with Gasteiger partial charge in [0.25, 0.3) is 0 Å². The largest absolute Gasteiger partial charge is 0.462 e.